The number of hydrogen-bond acceptors (Lipinski definition) is 3. The lowest BCUT2D eigenvalue weighted by atomic mass is 10.1. The van der Waals surface area contributed by atoms with Gasteiger partial charge >= 0.3 is 0 Å². The Morgan fingerprint density at radius 3 is 2.09 bits per heavy atom. The first kappa shape index (κ1) is 15.7. The topological polar surface area (TPSA) is 58.6 Å². The number of nitrogens with zero attached hydrogens (tertiary/aromatic N) is 1. The summed E-state index contributed by atoms with van der Waals surface area (Å²) in [6, 6.07) is 17.0. The van der Waals surface area contributed by atoms with Crippen LogP contribution in [0.2, 0.25) is 0 Å². The minimum atomic E-state index is -0.807. The molecule has 0 saturated carbocycles. The van der Waals surface area contributed by atoms with Gasteiger partial charge in [0.15, 0.2) is 0 Å². The van der Waals surface area contributed by atoms with E-state index in [1.807, 2.05) is 24.3 Å². The Balaban J connectivity index is 2.25. The van der Waals surface area contributed by atoms with Gasteiger partial charge in [-0.15, -0.1) is 0 Å². The summed E-state index contributed by atoms with van der Waals surface area (Å²) in [7, 11) is 2.91. The molecule has 1 N–H and O–H groups in total. The summed E-state index contributed by atoms with van der Waals surface area (Å²) in [5.41, 5.74) is 1.19. The van der Waals surface area contributed by atoms with Crippen molar-refractivity contribution < 1.29 is 14.4 Å². The van der Waals surface area contributed by atoms with Gasteiger partial charge in [0.2, 0.25) is 0 Å². The maximum atomic E-state index is 12.4. The van der Waals surface area contributed by atoms with E-state index in [-0.39, 0.29) is 11.8 Å². The van der Waals surface area contributed by atoms with Crippen LogP contribution in [0.5, 0.6) is 0 Å². The van der Waals surface area contributed by atoms with Gasteiger partial charge in [-0.05, 0) is 17.7 Å². The second-order valence-electron chi connectivity index (χ2n) is 4.70. The lowest BCUT2D eigenvalue weighted by Crippen LogP contribution is -2.40. The first-order chi connectivity index (χ1) is 10.6. The van der Waals surface area contributed by atoms with Crippen LogP contribution in [0.25, 0.3) is 0 Å². The fourth-order valence-corrected chi connectivity index (χ4v) is 2.01. The molecule has 114 valence electrons. The number of carbonyl (C=O) groups excluding carboxylic acids is 2. The number of rotatable bonds is 5. The van der Waals surface area contributed by atoms with Crippen molar-refractivity contribution in [3.63, 3.8) is 0 Å². The molecule has 0 aromatic heterocycles. The molecule has 0 aliphatic carbocycles. The highest BCUT2D eigenvalue weighted by molar-refractivity contribution is 5.97. The normalized spacial score (nSPS) is 11.5. The molecule has 0 spiro atoms. The van der Waals surface area contributed by atoms with E-state index < -0.39 is 6.04 Å². The van der Waals surface area contributed by atoms with Crippen molar-refractivity contribution in [3.8, 4) is 0 Å². The second-order valence-corrected chi connectivity index (χ2v) is 4.70. The van der Waals surface area contributed by atoms with Crippen molar-refractivity contribution in [2.75, 3.05) is 14.2 Å². The van der Waals surface area contributed by atoms with Crippen molar-refractivity contribution in [1.29, 1.82) is 0 Å². The highest BCUT2D eigenvalue weighted by atomic mass is 16.7. The van der Waals surface area contributed by atoms with Crippen LogP contribution in [-0.2, 0) is 9.63 Å². The molecule has 0 aliphatic rings. The Kier molecular flexibility index (Phi) is 5.27. The van der Waals surface area contributed by atoms with Crippen LogP contribution in [0.15, 0.2) is 60.7 Å². The molecule has 2 amide bonds. The average Bonchev–Trinajstić information content (AvgIpc) is 2.59. The van der Waals surface area contributed by atoms with Gasteiger partial charge in [0.05, 0.1) is 7.11 Å². The number of likely N-dealkylation sites (N-methyl/N-ethyl adjacent to an activating group) is 1. The third kappa shape index (κ3) is 3.71. The zero-order valence-corrected chi connectivity index (χ0v) is 12.5. The van der Waals surface area contributed by atoms with Crippen molar-refractivity contribution >= 4 is 11.8 Å². The van der Waals surface area contributed by atoms with Crippen LogP contribution in [0.1, 0.15) is 22.0 Å². The third-order valence-corrected chi connectivity index (χ3v) is 3.28. The minimum absolute atomic E-state index is 0.313. The monoisotopic (exact) mass is 298 g/mol. The fraction of sp³-hybridized carbons (Fsp3) is 0.176. The van der Waals surface area contributed by atoms with Crippen LogP contribution in [0.3, 0.4) is 0 Å². The Hall–Kier alpha value is -2.66. The van der Waals surface area contributed by atoms with Gasteiger partial charge in [-0.3, -0.25) is 14.4 Å². The predicted molar refractivity (Wildman–Crippen MR) is 82.9 cm³/mol. The van der Waals surface area contributed by atoms with E-state index in [0.717, 1.165) is 5.06 Å². The van der Waals surface area contributed by atoms with Crippen LogP contribution in [0, 0.1) is 0 Å². The maximum Gasteiger partial charge on any atom is 0.273 e. The smallest absolute Gasteiger partial charge is 0.273 e. The van der Waals surface area contributed by atoms with Gasteiger partial charge in [0.1, 0.15) is 6.04 Å². The first-order valence-electron chi connectivity index (χ1n) is 6.86. The van der Waals surface area contributed by atoms with E-state index in [0.29, 0.717) is 11.1 Å². The van der Waals surface area contributed by atoms with Gasteiger partial charge in [-0.25, -0.2) is 5.06 Å². The Bertz CT molecular complexity index is 629. The molecule has 0 bridgehead atoms. The SMILES string of the molecule is CON(C)C(=O)C(NC(=O)c1ccccc1)c1ccccc1. The van der Waals surface area contributed by atoms with Crippen LogP contribution < -0.4 is 5.32 Å². The van der Waals surface area contributed by atoms with Gasteiger partial charge in [0.25, 0.3) is 11.8 Å². The highest BCUT2D eigenvalue weighted by Crippen LogP contribution is 2.16. The lowest BCUT2D eigenvalue weighted by molar-refractivity contribution is -0.171. The van der Waals surface area contributed by atoms with Gasteiger partial charge in [-0.1, -0.05) is 48.5 Å². The summed E-state index contributed by atoms with van der Waals surface area (Å²) in [6.45, 7) is 0. The molecule has 5 nitrogen and oxygen atoms in total. The number of carbonyl (C=O) groups is 2. The Morgan fingerprint density at radius 2 is 1.55 bits per heavy atom. The van der Waals surface area contributed by atoms with E-state index in [2.05, 4.69) is 5.32 Å². The van der Waals surface area contributed by atoms with Crippen molar-refractivity contribution in [1.82, 2.24) is 10.4 Å². The van der Waals surface area contributed by atoms with Crippen molar-refractivity contribution in [3.05, 3.63) is 71.8 Å². The summed E-state index contributed by atoms with van der Waals surface area (Å²) < 4.78 is 0. The minimum Gasteiger partial charge on any atom is -0.336 e. The highest BCUT2D eigenvalue weighted by Gasteiger charge is 2.26. The molecule has 0 aliphatic heterocycles. The largest absolute Gasteiger partial charge is 0.336 e. The average molecular weight is 298 g/mol. The van der Waals surface area contributed by atoms with Gasteiger partial charge in [-0.2, -0.15) is 0 Å². The van der Waals surface area contributed by atoms with Gasteiger partial charge < -0.3 is 5.32 Å². The quantitative estimate of drug-likeness (QED) is 0.861. The molecule has 2 aromatic carbocycles. The van der Waals surface area contributed by atoms with Crippen molar-refractivity contribution in [2.24, 2.45) is 0 Å². The van der Waals surface area contributed by atoms with Crippen LogP contribution in [-0.4, -0.2) is 31.0 Å². The number of benzene rings is 2. The second kappa shape index (κ2) is 7.38. The molecule has 0 heterocycles. The molecule has 22 heavy (non-hydrogen) atoms. The lowest BCUT2D eigenvalue weighted by Gasteiger charge is -2.23. The molecule has 2 rings (SSSR count). The molecule has 0 radical (unpaired) electrons. The van der Waals surface area contributed by atoms with E-state index in [1.165, 1.54) is 14.2 Å². The molecule has 5 heteroatoms. The summed E-state index contributed by atoms with van der Waals surface area (Å²) >= 11 is 0. The fourth-order valence-electron chi connectivity index (χ4n) is 2.01. The van der Waals surface area contributed by atoms with E-state index in [4.69, 9.17) is 4.84 Å². The standard InChI is InChI=1S/C17H18N2O3/c1-19(22-2)17(21)15(13-9-5-3-6-10-13)18-16(20)14-11-7-4-8-12-14/h3-12,15H,1-2H3,(H,18,20). The Labute approximate surface area is 129 Å². The van der Waals surface area contributed by atoms with Gasteiger partial charge in [0, 0.05) is 12.6 Å². The van der Waals surface area contributed by atoms with E-state index in [9.17, 15) is 9.59 Å². The van der Waals surface area contributed by atoms with Crippen molar-refractivity contribution in [2.45, 2.75) is 6.04 Å². The van der Waals surface area contributed by atoms with E-state index in [1.54, 1.807) is 36.4 Å². The molecule has 0 saturated heterocycles. The molecular weight excluding hydrogens is 280 g/mol. The zero-order chi connectivity index (χ0) is 15.9. The summed E-state index contributed by atoms with van der Waals surface area (Å²) in [5, 5.41) is 3.85. The third-order valence-electron chi connectivity index (χ3n) is 3.28. The zero-order valence-electron chi connectivity index (χ0n) is 12.5. The number of hydrogen-bond donors (Lipinski definition) is 1. The summed E-state index contributed by atoms with van der Waals surface area (Å²) in [4.78, 5) is 29.7. The van der Waals surface area contributed by atoms with Crippen LogP contribution in [0.4, 0.5) is 0 Å². The van der Waals surface area contributed by atoms with E-state index >= 15 is 0 Å². The molecular formula is C17H18N2O3. The molecule has 2 aromatic rings. The first-order valence-corrected chi connectivity index (χ1v) is 6.86. The molecule has 1 unspecified atom stereocenters. The van der Waals surface area contributed by atoms with Crippen LogP contribution >= 0.6 is 0 Å². The molecule has 1 atom stereocenters. The predicted octanol–water partition coefficient (Wildman–Crippen LogP) is 2.18. The number of amides is 2. The summed E-state index contributed by atoms with van der Waals surface area (Å²) in [5.74, 6) is -0.662. The Morgan fingerprint density at radius 1 is 1.00 bits per heavy atom. The molecule has 0 fully saturated rings. The number of nitrogens with one attached hydrogen (secondary N) is 1. The number of hydroxylamine groups is 2. The maximum absolute atomic E-state index is 12.4. The summed E-state index contributed by atoms with van der Waals surface area (Å²) in [6.07, 6.45) is 0.